The number of hydrogen-bond donors (Lipinski definition) is 1. The first-order valence-corrected chi connectivity index (χ1v) is 11.5. The zero-order valence-electron chi connectivity index (χ0n) is 15.7. The van der Waals surface area contributed by atoms with Crippen molar-refractivity contribution in [3.63, 3.8) is 0 Å². The van der Waals surface area contributed by atoms with Gasteiger partial charge in [0.1, 0.15) is 26.9 Å². The molecule has 10 heteroatoms. The van der Waals surface area contributed by atoms with E-state index in [0.29, 0.717) is 5.13 Å². The molecule has 0 fully saturated rings. The third-order valence-electron chi connectivity index (χ3n) is 4.09. The Kier molecular flexibility index (Phi) is 6.02. The van der Waals surface area contributed by atoms with Crippen LogP contribution >= 0.6 is 34.4 Å². The average molecular weight is 444 g/mol. The lowest BCUT2D eigenvalue weighted by Crippen LogP contribution is -2.14. The molecule has 0 aliphatic rings. The van der Waals surface area contributed by atoms with Crippen LogP contribution in [-0.2, 0) is 11.2 Å². The fourth-order valence-electron chi connectivity index (χ4n) is 2.68. The van der Waals surface area contributed by atoms with Crippen LogP contribution in [0.25, 0.3) is 21.3 Å². The number of hydrogen-bond acceptors (Lipinski definition) is 9. The van der Waals surface area contributed by atoms with Gasteiger partial charge in [0.15, 0.2) is 0 Å². The summed E-state index contributed by atoms with van der Waals surface area (Å²) < 4.78 is 5.24. The van der Waals surface area contributed by atoms with Crippen molar-refractivity contribution < 1.29 is 9.53 Å². The second-order valence-corrected chi connectivity index (χ2v) is 8.81. The summed E-state index contributed by atoms with van der Waals surface area (Å²) >= 11 is 4.34. The molecule has 1 N–H and O–H groups in total. The molecule has 4 rings (SSSR count). The maximum atomic E-state index is 12.3. The Hall–Kier alpha value is -2.56. The molecule has 0 spiro atoms. The van der Waals surface area contributed by atoms with Gasteiger partial charge in [-0.25, -0.2) is 9.97 Å². The number of thioether (sulfide) groups is 1. The molecular weight excluding hydrogens is 426 g/mol. The number of aromatic nitrogens is 4. The van der Waals surface area contributed by atoms with Crippen molar-refractivity contribution in [1.29, 1.82) is 0 Å². The van der Waals surface area contributed by atoms with E-state index in [4.69, 9.17) is 4.74 Å². The molecule has 0 radical (unpaired) electrons. The van der Waals surface area contributed by atoms with E-state index < -0.39 is 0 Å². The van der Waals surface area contributed by atoms with Gasteiger partial charge in [0.25, 0.3) is 0 Å². The van der Waals surface area contributed by atoms with Crippen molar-refractivity contribution in [1.82, 2.24) is 20.2 Å². The number of benzene rings is 1. The number of nitrogens with one attached hydrogen (secondary N) is 1. The zero-order chi connectivity index (χ0) is 20.2. The minimum atomic E-state index is -0.137. The van der Waals surface area contributed by atoms with Gasteiger partial charge < -0.3 is 4.74 Å². The summed E-state index contributed by atoms with van der Waals surface area (Å²) in [5, 5.41) is 16.0. The van der Waals surface area contributed by atoms with Gasteiger partial charge in [-0.1, -0.05) is 42.2 Å². The molecule has 0 atom stereocenters. The first-order chi connectivity index (χ1) is 14.2. The molecule has 0 saturated heterocycles. The van der Waals surface area contributed by atoms with Crippen molar-refractivity contribution in [3.05, 3.63) is 41.0 Å². The summed E-state index contributed by atoms with van der Waals surface area (Å²) in [6.45, 7) is 2.00. The van der Waals surface area contributed by atoms with Crippen molar-refractivity contribution >= 4 is 55.7 Å². The van der Waals surface area contributed by atoms with E-state index in [1.807, 2.05) is 31.2 Å². The van der Waals surface area contributed by atoms with Gasteiger partial charge in [0, 0.05) is 10.9 Å². The molecule has 0 bridgehead atoms. The molecule has 3 heterocycles. The minimum Gasteiger partial charge on any atom is -0.497 e. The molecule has 7 nitrogen and oxygen atoms in total. The van der Waals surface area contributed by atoms with Gasteiger partial charge in [0.05, 0.1) is 18.2 Å². The second-order valence-electron chi connectivity index (χ2n) is 5.93. The molecule has 0 unspecified atom stereocenters. The van der Waals surface area contributed by atoms with E-state index in [2.05, 4.69) is 30.9 Å². The van der Waals surface area contributed by atoms with Gasteiger partial charge in [-0.15, -0.1) is 21.5 Å². The van der Waals surface area contributed by atoms with Crippen molar-refractivity contribution in [3.8, 4) is 16.9 Å². The summed E-state index contributed by atoms with van der Waals surface area (Å²) in [7, 11) is 1.65. The molecule has 0 aliphatic carbocycles. The lowest BCUT2D eigenvalue weighted by molar-refractivity contribution is -0.113. The number of thiophene rings is 1. The number of fused-ring (bicyclic) bond motifs is 1. The number of rotatable bonds is 7. The first-order valence-electron chi connectivity index (χ1n) is 8.79. The molecule has 29 heavy (non-hydrogen) atoms. The van der Waals surface area contributed by atoms with Crippen molar-refractivity contribution in [2.24, 2.45) is 0 Å². The summed E-state index contributed by atoms with van der Waals surface area (Å²) in [6.07, 6.45) is 2.34. The Labute approximate surface area is 179 Å². The predicted octanol–water partition coefficient (Wildman–Crippen LogP) is 4.51. The van der Waals surface area contributed by atoms with Crippen LogP contribution in [-0.4, -0.2) is 38.9 Å². The predicted molar refractivity (Wildman–Crippen MR) is 118 cm³/mol. The SMILES string of the molecule is CCc1nnc(NC(=O)CSc2ncnc3scc(-c4ccc(OC)cc4)c23)s1. The van der Waals surface area contributed by atoms with Gasteiger partial charge in [-0.3, -0.25) is 10.1 Å². The molecule has 148 valence electrons. The van der Waals surface area contributed by atoms with Crippen LogP contribution in [0, 0.1) is 0 Å². The van der Waals surface area contributed by atoms with Crippen LogP contribution in [0.15, 0.2) is 41.0 Å². The van der Waals surface area contributed by atoms with E-state index in [1.165, 1.54) is 29.4 Å². The van der Waals surface area contributed by atoms with Crippen molar-refractivity contribution in [2.75, 3.05) is 18.2 Å². The average Bonchev–Trinajstić information content (AvgIpc) is 3.39. The highest BCUT2D eigenvalue weighted by Crippen LogP contribution is 2.38. The van der Waals surface area contributed by atoms with Crippen LogP contribution in [0.3, 0.4) is 0 Å². The number of methoxy groups -OCH3 is 1. The fraction of sp³-hybridized carbons (Fsp3) is 0.211. The van der Waals surface area contributed by atoms with E-state index in [-0.39, 0.29) is 11.7 Å². The quantitative estimate of drug-likeness (QED) is 0.332. The van der Waals surface area contributed by atoms with Crippen LogP contribution in [0.5, 0.6) is 5.75 Å². The number of aryl methyl sites for hydroxylation is 1. The largest absolute Gasteiger partial charge is 0.497 e. The molecular formula is C19H17N5O2S3. The fourth-order valence-corrected chi connectivity index (χ4v) is 5.17. The molecule has 0 aliphatic heterocycles. The third kappa shape index (κ3) is 4.39. The second kappa shape index (κ2) is 8.85. The number of carbonyl (C=O) groups is 1. The molecule has 1 amide bonds. The summed E-state index contributed by atoms with van der Waals surface area (Å²) in [5.74, 6) is 0.894. The van der Waals surface area contributed by atoms with E-state index in [1.54, 1.807) is 18.4 Å². The van der Waals surface area contributed by atoms with Gasteiger partial charge in [0.2, 0.25) is 11.0 Å². The van der Waals surface area contributed by atoms with Gasteiger partial charge in [-0.05, 0) is 24.1 Å². The first kappa shape index (κ1) is 19.7. The highest BCUT2D eigenvalue weighted by Gasteiger charge is 2.15. The normalized spacial score (nSPS) is 11.0. The van der Waals surface area contributed by atoms with E-state index in [9.17, 15) is 4.79 Å². The molecule has 4 aromatic rings. The highest BCUT2D eigenvalue weighted by molar-refractivity contribution is 8.00. The van der Waals surface area contributed by atoms with Crippen LogP contribution in [0.1, 0.15) is 11.9 Å². The third-order valence-corrected chi connectivity index (χ3v) is 6.95. The zero-order valence-corrected chi connectivity index (χ0v) is 18.2. The van der Waals surface area contributed by atoms with Crippen LogP contribution in [0.4, 0.5) is 5.13 Å². The highest BCUT2D eigenvalue weighted by atomic mass is 32.2. The van der Waals surface area contributed by atoms with E-state index >= 15 is 0 Å². The van der Waals surface area contributed by atoms with E-state index in [0.717, 1.165) is 43.5 Å². The smallest absolute Gasteiger partial charge is 0.236 e. The van der Waals surface area contributed by atoms with Crippen LogP contribution < -0.4 is 10.1 Å². The topological polar surface area (TPSA) is 89.9 Å². The van der Waals surface area contributed by atoms with Crippen molar-refractivity contribution in [2.45, 2.75) is 18.4 Å². The lowest BCUT2D eigenvalue weighted by atomic mass is 10.1. The summed E-state index contributed by atoms with van der Waals surface area (Å²) in [6, 6.07) is 7.87. The standard InChI is InChI=1S/C19H17N5O2S3/c1-3-15-23-24-19(29-15)22-14(25)9-28-18-16-13(8-27-17(16)20-10-21-18)11-4-6-12(26-2)7-5-11/h4-8,10H,3,9H2,1-2H3,(H,22,24,25). The number of carbonyl (C=O) groups excluding carboxylic acids is 1. The molecule has 1 aromatic carbocycles. The summed E-state index contributed by atoms with van der Waals surface area (Å²) in [5.41, 5.74) is 2.10. The van der Waals surface area contributed by atoms with Gasteiger partial charge in [-0.2, -0.15) is 0 Å². The maximum absolute atomic E-state index is 12.3. The lowest BCUT2D eigenvalue weighted by Gasteiger charge is -2.06. The van der Waals surface area contributed by atoms with Gasteiger partial charge >= 0.3 is 0 Å². The Morgan fingerprint density at radius 3 is 2.76 bits per heavy atom. The Morgan fingerprint density at radius 1 is 1.21 bits per heavy atom. The Balaban J connectivity index is 1.54. The maximum Gasteiger partial charge on any atom is 0.236 e. The Morgan fingerprint density at radius 2 is 2.03 bits per heavy atom. The molecule has 0 saturated carbocycles. The summed E-state index contributed by atoms with van der Waals surface area (Å²) in [4.78, 5) is 22.0. The Bertz CT molecular complexity index is 1140. The monoisotopic (exact) mass is 443 g/mol. The van der Waals surface area contributed by atoms with Crippen LogP contribution in [0.2, 0.25) is 0 Å². The number of amides is 1. The molecule has 3 aromatic heterocycles. The number of nitrogens with zero attached hydrogens (tertiary/aromatic N) is 4. The minimum absolute atomic E-state index is 0.137. The number of ether oxygens (including phenoxy) is 1. The number of anilines is 1.